The van der Waals surface area contributed by atoms with Gasteiger partial charge in [-0.15, -0.1) is 0 Å². The van der Waals surface area contributed by atoms with Crippen LogP contribution in [-0.2, 0) is 4.79 Å². The molecule has 3 rings (SSSR count). The number of nitrogens with one attached hydrogen (secondary N) is 1. The molecule has 2 heterocycles. The molecule has 1 aromatic carbocycles. The number of carbonyl (C=O) groups excluding carboxylic acids is 1. The number of carbonyl (C=O) groups is 2. The molecule has 0 spiro atoms. The molecule has 1 aliphatic rings. The number of aromatic amines is 1. The second kappa shape index (κ2) is 6.49. The molecule has 0 aliphatic carbocycles. The van der Waals surface area contributed by atoms with Crippen molar-refractivity contribution in [3.63, 3.8) is 0 Å². The Labute approximate surface area is 142 Å². The first kappa shape index (κ1) is 16.3. The van der Waals surface area contributed by atoms with E-state index in [0.717, 1.165) is 5.56 Å². The van der Waals surface area contributed by atoms with E-state index < -0.39 is 17.4 Å². The van der Waals surface area contributed by atoms with E-state index in [1.165, 1.54) is 17.2 Å². The number of aromatic nitrogens is 1. The maximum Gasteiger partial charge on any atom is 0.308 e. The van der Waals surface area contributed by atoms with Gasteiger partial charge >= 0.3 is 5.97 Å². The average molecular weight is 347 g/mol. The van der Waals surface area contributed by atoms with Gasteiger partial charge in [-0.25, -0.2) is 0 Å². The topological polar surface area (TPSA) is 90.5 Å². The van der Waals surface area contributed by atoms with Gasteiger partial charge in [0.05, 0.1) is 11.5 Å². The van der Waals surface area contributed by atoms with E-state index in [9.17, 15) is 19.5 Å². The quantitative estimate of drug-likeness (QED) is 0.889. The van der Waals surface area contributed by atoms with E-state index in [0.29, 0.717) is 6.54 Å². The van der Waals surface area contributed by atoms with Crippen molar-refractivity contribution < 1.29 is 14.7 Å². The monoisotopic (exact) mass is 346 g/mol. The van der Waals surface area contributed by atoms with Crippen molar-refractivity contribution in [1.82, 2.24) is 9.88 Å². The number of amides is 1. The number of likely N-dealkylation sites (tertiary alicyclic amines) is 1. The summed E-state index contributed by atoms with van der Waals surface area (Å²) >= 11 is 5.76. The number of carboxylic acid groups (broad SMARTS) is 1. The molecule has 2 aromatic rings. The molecule has 1 saturated heterocycles. The van der Waals surface area contributed by atoms with Crippen molar-refractivity contribution in [3.05, 3.63) is 69.1 Å². The van der Waals surface area contributed by atoms with Crippen molar-refractivity contribution in [1.29, 1.82) is 0 Å². The van der Waals surface area contributed by atoms with Gasteiger partial charge in [0, 0.05) is 25.2 Å². The Hall–Kier alpha value is -2.60. The van der Waals surface area contributed by atoms with Crippen molar-refractivity contribution in [3.8, 4) is 0 Å². The van der Waals surface area contributed by atoms with Gasteiger partial charge in [0.2, 0.25) is 0 Å². The van der Waals surface area contributed by atoms with E-state index in [1.807, 2.05) is 30.3 Å². The molecule has 0 saturated carbocycles. The standard InChI is InChI=1S/C17H15ClN2O4/c18-14-6-11(7-19-15(14)21)16(22)20-8-12(13(9-20)17(23)24)10-4-2-1-3-5-10/h1-7,12-13H,8-9H2,(H,19,21)(H,23,24). The Morgan fingerprint density at radius 2 is 1.92 bits per heavy atom. The summed E-state index contributed by atoms with van der Waals surface area (Å²) in [7, 11) is 0. The Kier molecular flexibility index (Phi) is 4.40. The number of aliphatic carboxylic acids is 1. The van der Waals surface area contributed by atoms with Gasteiger partial charge < -0.3 is 15.0 Å². The maximum absolute atomic E-state index is 12.6. The predicted octanol–water partition coefficient (Wildman–Crippen LogP) is 1.97. The zero-order valence-corrected chi connectivity index (χ0v) is 13.4. The SMILES string of the molecule is O=C(O)C1CN(C(=O)c2c[nH]c(=O)c(Cl)c2)CC1c1ccccc1. The minimum Gasteiger partial charge on any atom is -0.481 e. The second-order valence-electron chi connectivity index (χ2n) is 5.74. The Balaban J connectivity index is 1.87. The number of hydrogen-bond donors (Lipinski definition) is 2. The summed E-state index contributed by atoms with van der Waals surface area (Å²) in [5.41, 5.74) is 0.650. The largest absolute Gasteiger partial charge is 0.481 e. The molecular weight excluding hydrogens is 332 g/mol. The van der Waals surface area contributed by atoms with Crippen LogP contribution in [0.3, 0.4) is 0 Å². The highest BCUT2D eigenvalue weighted by atomic mass is 35.5. The lowest BCUT2D eigenvalue weighted by Gasteiger charge is -2.16. The van der Waals surface area contributed by atoms with Crippen LogP contribution in [0.4, 0.5) is 0 Å². The smallest absolute Gasteiger partial charge is 0.308 e. The zero-order chi connectivity index (χ0) is 17.3. The molecule has 124 valence electrons. The van der Waals surface area contributed by atoms with Crippen LogP contribution >= 0.6 is 11.6 Å². The van der Waals surface area contributed by atoms with Crippen LogP contribution in [0.5, 0.6) is 0 Å². The molecule has 0 bridgehead atoms. The normalized spacial score (nSPS) is 20.1. The summed E-state index contributed by atoms with van der Waals surface area (Å²) in [5, 5.41) is 9.41. The van der Waals surface area contributed by atoms with Crippen LogP contribution in [0.25, 0.3) is 0 Å². The van der Waals surface area contributed by atoms with Crippen LogP contribution in [0.15, 0.2) is 47.4 Å². The molecule has 1 aromatic heterocycles. The fourth-order valence-corrected chi connectivity index (χ4v) is 3.19. The highest BCUT2D eigenvalue weighted by molar-refractivity contribution is 6.30. The molecule has 0 radical (unpaired) electrons. The van der Waals surface area contributed by atoms with Gasteiger partial charge in [0.1, 0.15) is 5.02 Å². The highest BCUT2D eigenvalue weighted by Gasteiger charge is 2.40. The molecule has 7 heteroatoms. The van der Waals surface area contributed by atoms with Gasteiger partial charge in [-0.2, -0.15) is 0 Å². The zero-order valence-electron chi connectivity index (χ0n) is 12.6. The van der Waals surface area contributed by atoms with Crippen LogP contribution < -0.4 is 5.56 Å². The van der Waals surface area contributed by atoms with Crippen molar-refractivity contribution in [2.75, 3.05) is 13.1 Å². The molecule has 1 aliphatic heterocycles. The minimum atomic E-state index is -0.932. The minimum absolute atomic E-state index is 0.0746. The van der Waals surface area contributed by atoms with E-state index in [2.05, 4.69) is 4.98 Å². The number of benzene rings is 1. The summed E-state index contributed by atoms with van der Waals surface area (Å²) in [6, 6.07) is 10.6. The maximum atomic E-state index is 12.6. The van der Waals surface area contributed by atoms with Gasteiger partial charge in [-0.1, -0.05) is 41.9 Å². The first-order chi connectivity index (χ1) is 11.5. The molecule has 1 amide bonds. The third-order valence-corrected chi connectivity index (χ3v) is 4.54. The summed E-state index contributed by atoms with van der Waals surface area (Å²) in [6.45, 7) is 0.418. The van der Waals surface area contributed by atoms with Crippen molar-refractivity contribution in [2.45, 2.75) is 5.92 Å². The van der Waals surface area contributed by atoms with Crippen LogP contribution in [0, 0.1) is 5.92 Å². The summed E-state index contributed by atoms with van der Waals surface area (Å²) in [4.78, 5) is 39.4. The molecule has 2 atom stereocenters. The number of hydrogen-bond acceptors (Lipinski definition) is 3. The van der Waals surface area contributed by atoms with E-state index >= 15 is 0 Å². The lowest BCUT2D eigenvalue weighted by molar-refractivity contribution is -0.141. The van der Waals surface area contributed by atoms with Gasteiger partial charge in [0.25, 0.3) is 11.5 Å². The van der Waals surface area contributed by atoms with Crippen molar-refractivity contribution >= 4 is 23.5 Å². The highest BCUT2D eigenvalue weighted by Crippen LogP contribution is 2.33. The number of pyridine rings is 1. The van der Waals surface area contributed by atoms with Gasteiger partial charge in [-0.05, 0) is 11.6 Å². The Bertz CT molecular complexity index is 834. The summed E-state index contributed by atoms with van der Waals surface area (Å²) in [6.07, 6.45) is 1.29. The second-order valence-corrected chi connectivity index (χ2v) is 6.14. The lowest BCUT2D eigenvalue weighted by atomic mass is 9.89. The third kappa shape index (κ3) is 3.05. The Morgan fingerprint density at radius 1 is 1.21 bits per heavy atom. The van der Waals surface area contributed by atoms with Gasteiger partial charge in [0.15, 0.2) is 0 Å². The summed E-state index contributed by atoms with van der Waals surface area (Å²) in [5.74, 6) is -2.23. The average Bonchev–Trinajstić information content (AvgIpc) is 3.03. The van der Waals surface area contributed by atoms with Gasteiger partial charge in [-0.3, -0.25) is 14.4 Å². The number of nitrogens with zero attached hydrogens (tertiary/aromatic N) is 1. The molecule has 6 nitrogen and oxygen atoms in total. The first-order valence-electron chi connectivity index (χ1n) is 7.42. The molecule has 2 N–H and O–H groups in total. The fourth-order valence-electron chi connectivity index (χ4n) is 3.02. The molecule has 2 unspecified atom stereocenters. The number of H-pyrrole nitrogens is 1. The van der Waals surface area contributed by atoms with Crippen LogP contribution in [-0.4, -0.2) is 40.0 Å². The fraction of sp³-hybridized carbons (Fsp3) is 0.235. The Morgan fingerprint density at radius 3 is 2.54 bits per heavy atom. The lowest BCUT2D eigenvalue weighted by Crippen LogP contribution is -2.30. The number of halogens is 1. The number of carboxylic acids is 1. The van der Waals surface area contributed by atoms with E-state index in [1.54, 1.807) is 0 Å². The molecular formula is C17H15ClN2O4. The van der Waals surface area contributed by atoms with E-state index in [-0.39, 0.29) is 29.0 Å². The van der Waals surface area contributed by atoms with Crippen molar-refractivity contribution in [2.24, 2.45) is 5.92 Å². The molecule has 1 fully saturated rings. The first-order valence-corrected chi connectivity index (χ1v) is 7.80. The summed E-state index contributed by atoms with van der Waals surface area (Å²) < 4.78 is 0. The molecule has 24 heavy (non-hydrogen) atoms. The third-order valence-electron chi connectivity index (χ3n) is 4.26. The van der Waals surface area contributed by atoms with E-state index in [4.69, 9.17) is 11.6 Å². The van der Waals surface area contributed by atoms with Crippen LogP contribution in [0.2, 0.25) is 5.02 Å². The predicted molar refractivity (Wildman–Crippen MR) is 88.3 cm³/mol. The number of rotatable bonds is 3. The van der Waals surface area contributed by atoms with Crippen LogP contribution in [0.1, 0.15) is 21.8 Å².